The minimum absolute atomic E-state index is 0.622. The van der Waals surface area contributed by atoms with Crippen LogP contribution in [0.3, 0.4) is 0 Å². The lowest BCUT2D eigenvalue weighted by atomic mass is 10.3. The molecule has 3 nitrogen and oxygen atoms in total. The minimum Gasteiger partial charge on any atom is -0.493 e. The Kier molecular flexibility index (Phi) is 3.55. The fraction of sp³-hybridized carbons (Fsp3) is 0.500. The van der Waals surface area contributed by atoms with Gasteiger partial charge in [-0.05, 0) is 20.8 Å². The average molecular weight is 181 g/mol. The van der Waals surface area contributed by atoms with E-state index in [0.29, 0.717) is 19.1 Å². The lowest BCUT2D eigenvalue weighted by molar-refractivity contribution is 0.312. The Hall–Kier alpha value is -1.25. The fourth-order valence-corrected chi connectivity index (χ4v) is 1.03. The molecular formula is C10H15NO2. The number of hydrogen-bond donors (Lipinski definition) is 0. The van der Waals surface area contributed by atoms with Gasteiger partial charge in [-0.25, -0.2) is 4.98 Å². The van der Waals surface area contributed by atoms with E-state index in [2.05, 4.69) is 4.98 Å². The molecule has 72 valence electrons. The number of rotatable bonds is 4. The van der Waals surface area contributed by atoms with Gasteiger partial charge in [0, 0.05) is 17.8 Å². The van der Waals surface area contributed by atoms with Crippen LogP contribution >= 0.6 is 0 Å². The first-order valence-electron chi connectivity index (χ1n) is 4.50. The normalized spacial score (nSPS) is 9.77. The molecule has 13 heavy (non-hydrogen) atoms. The van der Waals surface area contributed by atoms with Gasteiger partial charge in [-0.1, -0.05) is 0 Å². The van der Waals surface area contributed by atoms with Crippen LogP contribution in [0.4, 0.5) is 0 Å². The second-order valence-corrected chi connectivity index (χ2v) is 2.65. The highest BCUT2D eigenvalue weighted by Crippen LogP contribution is 2.21. The van der Waals surface area contributed by atoms with Crippen molar-refractivity contribution in [1.29, 1.82) is 0 Å². The topological polar surface area (TPSA) is 31.4 Å². The molecule has 0 fully saturated rings. The SMILES string of the molecule is CCOc1cc(OCC)c(C)cn1. The maximum absolute atomic E-state index is 5.40. The van der Waals surface area contributed by atoms with Gasteiger partial charge in [-0.15, -0.1) is 0 Å². The van der Waals surface area contributed by atoms with Gasteiger partial charge in [0.05, 0.1) is 13.2 Å². The molecule has 1 heterocycles. The highest BCUT2D eigenvalue weighted by Gasteiger charge is 2.02. The van der Waals surface area contributed by atoms with Crippen molar-refractivity contribution in [1.82, 2.24) is 4.98 Å². The molecule has 0 N–H and O–H groups in total. The molecule has 0 amide bonds. The van der Waals surface area contributed by atoms with Crippen LogP contribution in [0.15, 0.2) is 12.3 Å². The third-order valence-electron chi connectivity index (χ3n) is 1.62. The third-order valence-corrected chi connectivity index (χ3v) is 1.62. The van der Waals surface area contributed by atoms with Gasteiger partial charge in [-0.2, -0.15) is 0 Å². The summed E-state index contributed by atoms with van der Waals surface area (Å²) in [5, 5.41) is 0. The van der Waals surface area contributed by atoms with Gasteiger partial charge in [0.1, 0.15) is 5.75 Å². The summed E-state index contributed by atoms with van der Waals surface area (Å²) < 4.78 is 10.7. The highest BCUT2D eigenvalue weighted by atomic mass is 16.5. The quantitative estimate of drug-likeness (QED) is 0.713. The molecule has 0 unspecified atom stereocenters. The zero-order valence-corrected chi connectivity index (χ0v) is 8.33. The zero-order chi connectivity index (χ0) is 9.68. The van der Waals surface area contributed by atoms with Crippen LogP contribution in [0.25, 0.3) is 0 Å². The van der Waals surface area contributed by atoms with Crippen LogP contribution < -0.4 is 9.47 Å². The summed E-state index contributed by atoms with van der Waals surface area (Å²) >= 11 is 0. The Morgan fingerprint density at radius 2 is 1.92 bits per heavy atom. The van der Waals surface area contributed by atoms with Crippen molar-refractivity contribution in [2.75, 3.05) is 13.2 Å². The van der Waals surface area contributed by atoms with Crippen LogP contribution in [-0.4, -0.2) is 18.2 Å². The number of ether oxygens (including phenoxy) is 2. The van der Waals surface area contributed by atoms with Crippen LogP contribution in [-0.2, 0) is 0 Å². The van der Waals surface area contributed by atoms with Crippen molar-refractivity contribution in [3.05, 3.63) is 17.8 Å². The van der Waals surface area contributed by atoms with Crippen molar-refractivity contribution in [3.63, 3.8) is 0 Å². The fourth-order valence-electron chi connectivity index (χ4n) is 1.03. The Morgan fingerprint density at radius 1 is 1.23 bits per heavy atom. The molecular weight excluding hydrogens is 166 g/mol. The number of nitrogens with zero attached hydrogens (tertiary/aromatic N) is 1. The molecule has 0 aromatic carbocycles. The Labute approximate surface area is 78.7 Å². The third kappa shape index (κ3) is 2.61. The molecule has 0 radical (unpaired) electrons. The standard InChI is InChI=1S/C10H15NO2/c1-4-12-9-6-10(13-5-2)11-7-8(9)3/h6-7H,4-5H2,1-3H3. The largest absolute Gasteiger partial charge is 0.493 e. The van der Waals surface area contributed by atoms with E-state index >= 15 is 0 Å². The van der Waals surface area contributed by atoms with Gasteiger partial charge in [0.25, 0.3) is 0 Å². The van der Waals surface area contributed by atoms with Gasteiger partial charge >= 0.3 is 0 Å². The lowest BCUT2D eigenvalue weighted by Crippen LogP contribution is -1.98. The van der Waals surface area contributed by atoms with Crippen LogP contribution in [0, 0.1) is 6.92 Å². The van der Waals surface area contributed by atoms with Crippen molar-refractivity contribution < 1.29 is 9.47 Å². The first-order chi connectivity index (χ1) is 6.27. The van der Waals surface area contributed by atoms with Gasteiger partial charge < -0.3 is 9.47 Å². The molecule has 1 aromatic rings. The van der Waals surface area contributed by atoms with E-state index in [4.69, 9.17) is 9.47 Å². The van der Waals surface area contributed by atoms with Crippen molar-refractivity contribution in [2.45, 2.75) is 20.8 Å². The summed E-state index contributed by atoms with van der Waals surface area (Å²) in [6.07, 6.45) is 1.76. The predicted molar refractivity (Wildman–Crippen MR) is 51.3 cm³/mol. The Morgan fingerprint density at radius 3 is 2.54 bits per heavy atom. The molecule has 0 spiro atoms. The maximum Gasteiger partial charge on any atom is 0.216 e. The second kappa shape index (κ2) is 4.70. The molecule has 1 rings (SSSR count). The Balaban J connectivity index is 2.83. The van der Waals surface area contributed by atoms with Gasteiger partial charge in [0.2, 0.25) is 5.88 Å². The molecule has 0 bridgehead atoms. The van der Waals surface area contributed by atoms with Crippen molar-refractivity contribution >= 4 is 0 Å². The summed E-state index contributed by atoms with van der Waals surface area (Å²) in [5.41, 5.74) is 1.03. The first kappa shape index (κ1) is 9.84. The number of aromatic nitrogens is 1. The average Bonchev–Trinajstić information content (AvgIpc) is 2.12. The highest BCUT2D eigenvalue weighted by molar-refractivity contribution is 5.34. The summed E-state index contributed by atoms with van der Waals surface area (Å²) in [4.78, 5) is 4.11. The van der Waals surface area contributed by atoms with Crippen LogP contribution in [0.5, 0.6) is 11.6 Å². The van der Waals surface area contributed by atoms with Crippen LogP contribution in [0.2, 0.25) is 0 Å². The van der Waals surface area contributed by atoms with E-state index in [-0.39, 0.29) is 0 Å². The van der Waals surface area contributed by atoms with E-state index in [9.17, 15) is 0 Å². The van der Waals surface area contributed by atoms with Crippen molar-refractivity contribution in [2.24, 2.45) is 0 Å². The number of pyridine rings is 1. The molecule has 3 heteroatoms. The lowest BCUT2D eigenvalue weighted by Gasteiger charge is -2.08. The smallest absolute Gasteiger partial charge is 0.216 e. The zero-order valence-electron chi connectivity index (χ0n) is 8.33. The summed E-state index contributed by atoms with van der Waals surface area (Å²) in [7, 11) is 0. The van der Waals surface area contributed by atoms with Crippen LogP contribution in [0.1, 0.15) is 19.4 Å². The molecule has 1 aromatic heterocycles. The molecule has 0 aliphatic heterocycles. The van der Waals surface area contributed by atoms with E-state index in [0.717, 1.165) is 11.3 Å². The van der Waals surface area contributed by atoms with E-state index in [1.54, 1.807) is 6.20 Å². The first-order valence-corrected chi connectivity index (χ1v) is 4.50. The van der Waals surface area contributed by atoms with Gasteiger partial charge in [0.15, 0.2) is 0 Å². The van der Waals surface area contributed by atoms with E-state index < -0.39 is 0 Å². The molecule has 0 aliphatic carbocycles. The van der Waals surface area contributed by atoms with Gasteiger partial charge in [-0.3, -0.25) is 0 Å². The van der Waals surface area contributed by atoms with E-state index in [1.807, 2.05) is 26.8 Å². The Bertz CT molecular complexity index is 274. The predicted octanol–water partition coefficient (Wildman–Crippen LogP) is 2.19. The maximum atomic E-state index is 5.40. The molecule has 0 saturated heterocycles. The molecule has 0 saturated carbocycles. The monoisotopic (exact) mass is 181 g/mol. The summed E-state index contributed by atoms with van der Waals surface area (Å²) in [6.45, 7) is 7.15. The van der Waals surface area contributed by atoms with E-state index in [1.165, 1.54) is 0 Å². The molecule has 0 atom stereocenters. The number of aryl methyl sites for hydroxylation is 1. The summed E-state index contributed by atoms with van der Waals surface area (Å²) in [5.74, 6) is 1.47. The number of hydrogen-bond acceptors (Lipinski definition) is 3. The van der Waals surface area contributed by atoms with Crippen molar-refractivity contribution in [3.8, 4) is 11.6 Å². The second-order valence-electron chi connectivity index (χ2n) is 2.65. The minimum atomic E-state index is 0.622. The molecule has 0 aliphatic rings. The summed E-state index contributed by atoms with van der Waals surface area (Å²) in [6, 6.07) is 1.82.